The molecule has 16 aromatic carbocycles. The second-order valence-electron chi connectivity index (χ2n) is 31.3. The molecule has 0 radical (unpaired) electrons. The maximum atomic E-state index is 2.39. The fraction of sp³-hybridized carbons (Fsp3) is 0.127. The summed E-state index contributed by atoms with van der Waals surface area (Å²) in [7, 11) is 8.52. The van der Waals surface area contributed by atoms with E-state index in [4.69, 9.17) is 0 Å². The average molecular weight is 1530 g/mol. The minimum absolute atomic E-state index is 0.639. The van der Waals surface area contributed by atoms with Crippen molar-refractivity contribution in [3.05, 3.63) is 411 Å². The lowest BCUT2D eigenvalue weighted by Crippen LogP contribution is -2.08. The van der Waals surface area contributed by atoms with Gasteiger partial charge in [-0.3, -0.25) is 0 Å². The number of aryl methyl sites for hydroxylation is 3. The van der Waals surface area contributed by atoms with Crippen LogP contribution >= 0.6 is 0 Å². The number of nitrogens with zero attached hydrogens (tertiary/aromatic N) is 8. The summed E-state index contributed by atoms with van der Waals surface area (Å²) in [6.07, 6.45) is 4.40. The molecule has 0 unspecified atom stereocenters. The molecule has 20 rings (SSSR count). The largest absolute Gasteiger partial charge is 0.345 e. The Morgan fingerprint density at radius 3 is 0.737 bits per heavy atom. The Hall–Kier alpha value is -14.1. The van der Waals surface area contributed by atoms with Crippen molar-refractivity contribution in [2.75, 3.05) is 47.8 Å². The van der Waals surface area contributed by atoms with Gasteiger partial charge < -0.3 is 37.9 Å². The van der Waals surface area contributed by atoms with Crippen LogP contribution in [0.4, 0.5) is 45.5 Å². The van der Waals surface area contributed by atoms with E-state index >= 15 is 0 Å². The lowest BCUT2D eigenvalue weighted by atomic mass is 10.0. The number of para-hydroxylation sites is 8. The minimum atomic E-state index is 0.639. The first-order valence-electron chi connectivity index (χ1n) is 41.5. The number of anilines is 8. The molecule has 0 saturated heterocycles. The highest BCUT2D eigenvalue weighted by Crippen LogP contribution is 2.42. The molecule has 4 heterocycles. The van der Waals surface area contributed by atoms with Gasteiger partial charge in [0.05, 0.1) is 44.1 Å². The predicted octanol–water partition coefficient (Wildman–Crippen LogP) is 29.2. The first-order chi connectivity index (χ1) is 57.9. The van der Waals surface area contributed by atoms with E-state index in [1.807, 2.05) is 0 Å². The molecule has 0 N–H and O–H groups in total. The normalized spacial score (nSPS) is 11.3. The molecule has 0 aliphatic heterocycles. The minimum Gasteiger partial charge on any atom is -0.345 e. The summed E-state index contributed by atoms with van der Waals surface area (Å²) in [5, 5.41) is 10.4. The lowest BCUT2D eigenvalue weighted by molar-refractivity contribution is 0.648. The number of benzene rings is 16. The van der Waals surface area contributed by atoms with Gasteiger partial charge in [0.25, 0.3) is 0 Å². The van der Waals surface area contributed by atoms with E-state index < -0.39 is 0 Å². The predicted molar refractivity (Wildman–Crippen MR) is 508 cm³/mol. The zero-order valence-electron chi connectivity index (χ0n) is 68.9. The molecule has 0 spiro atoms. The Kier molecular flexibility index (Phi) is 22.2. The second kappa shape index (κ2) is 34.2. The smallest absolute Gasteiger partial charge is 0.0542 e. The average Bonchev–Trinajstić information content (AvgIpc) is 1.61. The Morgan fingerprint density at radius 2 is 0.458 bits per heavy atom. The van der Waals surface area contributed by atoms with E-state index in [0.29, 0.717) is 5.92 Å². The summed E-state index contributed by atoms with van der Waals surface area (Å²) in [5.41, 5.74) is 29.7. The Morgan fingerprint density at radius 1 is 0.229 bits per heavy atom. The van der Waals surface area contributed by atoms with Gasteiger partial charge in [-0.2, -0.15) is 0 Å². The van der Waals surface area contributed by atoms with E-state index in [1.165, 1.54) is 178 Å². The van der Waals surface area contributed by atoms with Gasteiger partial charge in [0.1, 0.15) is 0 Å². The van der Waals surface area contributed by atoms with Crippen molar-refractivity contribution >= 4 is 133 Å². The summed E-state index contributed by atoms with van der Waals surface area (Å²) in [5.74, 6) is 0.639. The van der Waals surface area contributed by atoms with Gasteiger partial charge >= 0.3 is 0 Å². The molecule has 0 saturated carbocycles. The van der Waals surface area contributed by atoms with Gasteiger partial charge in [-0.1, -0.05) is 210 Å². The van der Waals surface area contributed by atoms with Crippen LogP contribution < -0.4 is 19.6 Å². The molecule has 0 aliphatic carbocycles. The molecular weight excluding hydrogens is 1430 g/mol. The third kappa shape index (κ3) is 15.5. The van der Waals surface area contributed by atoms with Crippen molar-refractivity contribution in [2.45, 2.75) is 60.3 Å². The van der Waals surface area contributed by atoms with Crippen LogP contribution in [0.5, 0.6) is 0 Å². The topological polar surface area (TPSA) is 32.7 Å². The molecule has 0 fully saturated rings. The zero-order valence-corrected chi connectivity index (χ0v) is 68.9. The number of hydrogen-bond acceptors (Lipinski definition) is 4. The lowest BCUT2D eigenvalue weighted by Gasteiger charge is -2.19. The van der Waals surface area contributed by atoms with E-state index in [0.717, 1.165) is 25.7 Å². The first kappa shape index (κ1) is 76.5. The molecule has 8 heteroatoms. The number of fused-ring (bicyclic) bond motifs is 12. The highest BCUT2D eigenvalue weighted by molar-refractivity contribution is 6.14. The van der Waals surface area contributed by atoms with E-state index in [-0.39, 0.29) is 0 Å². The molecule has 0 aliphatic rings. The van der Waals surface area contributed by atoms with Crippen LogP contribution in [-0.4, -0.2) is 46.5 Å². The van der Waals surface area contributed by atoms with E-state index in [1.54, 1.807) is 0 Å². The summed E-state index contributed by atoms with van der Waals surface area (Å²) in [6, 6.07) is 139. The molecule has 0 bridgehead atoms. The zero-order chi connectivity index (χ0) is 80.8. The summed E-state index contributed by atoms with van der Waals surface area (Å²) >= 11 is 0. The van der Waals surface area contributed by atoms with Gasteiger partial charge in [-0.15, -0.1) is 0 Å². The second-order valence-corrected chi connectivity index (χ2v) is 31.3. The molecule has 4 aromatic heterocycles. The number of aromatic nitrogens is 4. The van der Waals surface area contributed by atoms with Crippen LogP contribution in [0, 0.1) is 12.8 Å². The highest BCUT2D eigenvalue weighted by atomic mass is 15.1. The van der Waals surface area contributed by atoms with Crippen LogP contribution in [0.25, 0.3) is 110 Å². The van der Waals surface area contributed by atoms with Crippen LogP contribution in [0.15, 0.2) is 388 Å². The molecule has 20 aromatic rings. The third-order valence-corrected chi connectivity index (χ3v) is 23.1. The van der Waals surface area contributed by atoms with Crippen molar-refractivity contribution < 1.29 is 0 Å². The molecule has 0 amide bonds. The van der Waals surface area contributed by atoms with E-state index in [9.17, 15) is 0 Å². The van der Waals surface area contributed by atoms with Gasteiger partial charge in [-0.05, 0) is 267 Å². The molecular formula is C110H100N8. The first-order valence-corrected chi connectivity index (χ1v) is 41.5. The Bertz CT molecular complexity index is 6850. The molecule has 580 valence electrons. The summed E-state index contributed by atoms with van der Waals surface area (Å²) in [6.45, 7) is 11.2. The van der Waals surface area contributed by atoms with Crippen molar-refractivity contribution in [1.82, 2.24) is 18.3 Å². The summed E-state index contributed by atoms with van der Waals surface area (Å²) in [4.78, 5) is 8.99. The van der Waals surface area contributed by atoms with Crippen molar-refractivity contribution in [2.24, 2.45) is 5.92 Å². The summed E-state index contributed by atoms with van der Waals surface area (Å²) < 4.78 is 9.50. The van der Waals surface area contributed by atoms with Crippen molar-refractivity contribution in [3.8, 4) is 22.7 Å². The van der Waals surface area contributed by atoms with Gasteiger partial charge in [0.2, 0.25) is 0 Å². The van der Waals surface area contributed by atoms with E-state index in [2.05, 4.69) is 489 Å². The van der Waals surface area contributed by atoms with Crippen LogP contribution in [0.3, 0.4) is 0 Å². The maximum absolute atomic E-state index is 2.39. The van der Waals surface area contributed by atoms with Crippen LogP contribution in [0.2, 0.25) is 0 Å². The van der Waals surface area contributed by atoms with Gasteiger partial charge in [0.15, 0.2) is 0 Å². The fourth-order valence-corrected chi connectivity index (χ4v) is 17.0. The van der Waals surface area contributed by atoms with Crippen molar-refractivity contribution in [1.29, 1.82) is 0 Å². The number of rotatable bonds is 17. The van der Waals surface area contributed by atoms with Gasteiger partial charge in [-0.25, -0.2) is 0 Å². The third-order valence-electron chi connectivity index (χ3n) is 23.1. The maximum Gasteiger partial charge on any atom is 0.0542 e. The quantitative estimate of drug-likeness (QED) is 0.0910. The molecule has 0 atom stereocenters. The monoisotopic (exact) mass is 1530 g/mol. The van der Waals surface area contributed by atoms with Crippen LogP contribution in [-0.2, 0) is 19.3 Å². The van der Waals surface area contributed by atoms with Crippen molar-refractivity contribution in [3.63, 3.8) is 0 Å². The Labute approximate surface area is 693 Å². The number of hydrogen-bond donors (Lipinski definition) is 0. The highest BCUT2D eigenvalue weighted by Gasteiger charge is 2.21. The molecule has 118 heavy (non-hydrogen) atoms. The van der Waals surface area contributed by atoms with Gasteiger partial charge in [0, 0.05) is 140 Å². The van der Waals surface area contributed by atoms with Crippen LogP contribution in [0.1, 0.15) is 56.4 Å². The standard InChI is InChI=1S/C29H28N2.C28H26N2.C27H24N2.C26H22N2/c1-21(2)18-22-14-16-28-26(19-22)27-20-25(30(3)23-10-6-4-7-11-23)15-17-29(27)31(28)24-12-8-5-9-13-24;1-3-10-21-15-17-27-25(19-21)26-20-24(29(2)22-11-6-4-7-12-22)16-18-28(26)30(27)23-13-8-5-9-14-23;1-3-20-14-16-26-24(18-20)25-19-23(28(2)21-10-6-4-7-11-21)15-17-27(25)29(26)22-12-8-5-9-13-22;1-19-13-15-25-23(17-19)24-18-22(27(2)20-9-5-3-6-10-20)14-16-26(24)28(25)21-11-7-4-8-12-21/h4-17,19-21H,18H2,1-3H3;4-9,11-20H,3,10H2,1-2H3;4-19H,3H2,1-2H3;3-18H,1-2H3. The fourth-order valence-electron chi connectivity index (χ4n) is 17.0. The SMILES string of the molecule is CC(C)Cc1ccc2c(c1)c1cc(N(C)c3ccccc3)ccc1n2-c1ccccc1.CCCc1ccc2c(c1)c1cc(N(C)c3ccccc3)ccc1n2-c1ccccc1.CCc1ccc2c(c1)c1cc(N(C)c3ccccc3)ccc1n2-c1ccccc1.Cc1ccc2c(c1)c1cc(N(C)c3ccccc3)ccc1n2-c1ccccc1. The Balaban J connectivity index is 0.000000113. The molecule has 8 nitrogen and oxygen atoms in total.